The van der Waals surface area contributed by atoms with Gasteiger partial charge in [0.1, 0.15) is 0 Å². The van der Waals surface area contributed by atoms with Crippen LogP contribution in [0.1, 0.15) is 33.6 Å². The molecule has 0 rings (SSSR count). The summed E-state index contributed by atoms with van der Waals surface area (Å²) in [5.41, 5.74) is 5.68. The fourth-order valence-corrected chi connectivity index (χ4v) is 0.997. The summed E-state index contributed by atoms with van der Waals surface area (Å²) in [4.78, 5) is 0. The Hall–Kier alpha value is -0.0800. The van der Waals surface area contributed by atoms with E-state index in [1.165, 1.54) is 0 Å². The monoisotopic (exact) mass is 145 g/mol. The van der Waals surface area contributed by atoms with Crippen molar-refractivity contribution in [2.24, 2.45) is 5.73 Å². The van der Waals surface area contributed by atoms with Gasteiger partial charge in [-0.15, -0.1) is 0 Å². The molecular weight excluding hydrogens is 126 g/mol. The molecule has 1 unspecified atom stereocenters. The van der Waals surface area contributed by atoms with Crippen molar-refractivity contribution in [3.05, 3.63) is 0 Å². The van der Waals surface area contributed by atoms with Gasteiger partial charge in [0.15, 0.2) is 0 Å². The van der Waals surface area contributed by atoms with Crippen LogP contribution >= 0.6 is 0 Å². The third-order valence-corrected chi connectivity index (χ3v) is 1.54. The summed E-state index contributed by atoms with van der Waals surface area (Å²) < 4.78 is 5.42. The predicted molar refractivity (Wildman–Crippen MR) is 44.0 cm³/mol. The van der Waals surface area contributed by atoms with Crippen molar-refractivity contribution in [2.45, 2.75) is 45.8 Å². The topological polar surface area (TPSA) is 35.2 Å². The van der Waals surface area contributed by atoms with Gasteiger partial charge in [-0.2, -0.15) is 0 Å². The minimum atomic E-state index is 0.167. The Labute approximate surface area is 63.7 Å². The van der Waals surface area contributed by atoms with Crippen molar-refractivity contribution in [3.63, 3.8) is 0 Å². The van der Waals surface area contributed by atoms with E-state index in [4.69, 9.17) is 10.5 Å². The van der Waals surface area contributed by atoms with Gasteiger partial charge < -0.3 is 10.5 Å². The van der Waals surface area contributed by atoms with Crippen molar-refractivity contribution >= 4 is 0 Å². The summed E-state index contributed by atoms with van der Waals surface area (Å²) in [6.45, 7) is 6.92. The van der Waals surface area contributed by atoms with Gasteiger partial charge in [0, 0.05) is 12.6 Å². The lowest BCUT2D eigenvalue weighted by atomic mass is 10.1. The SMILES string of the molecule is CCCC(OCC)[C@H](C)N. The lowest BCUT2D eigenvalue weighted by Gasteiger charge is -2.19. The van der Waals surface area contributed by atoms with Gasteiger partial charge >= 0.3 is 0 Å². The quantitative estimate of drug-likeness (QED) is 0.637. The molecule has 0 spiro atoms. The molecule has 0 heterocycles. The lowest BCUT2D eigenvalue weighted by Crippen LogP contribution is -2.33. The van der Waals surface area contributed by atoms with Crippen molar-refractivity contribution in [1.29, 1.82) is 0 Å². The highest BCUT2D eigenvalue weighted by atomic mass is 16.5. The van der Waals surface area contributed by atoms with E-state index in [0.717, 1.165) is 19.4 Å². The molecule has 62 valence electrons. The molecule has 2 N–H and O–H groups in total. The van der Waals surface area contributed by atoms with Crippen LogP contribution in [-0.4, -0.2) is 18.8 Å². The Morgan fingerprint density at radius 1 is 1.40 bits per heavy atom. The standard InChI is InChI=1S/C8H19NO/c1-4-6-8(7(3)9)10-5-2/h7-8H,4-6,9H2,1-3H3/t7-,8?/m0/s1. The van der Waals surface area contributed by atoms with Gasteiger partial charge in [-0.1, -0.05) is 13.3 Å². The molecule has 2 nitrogen and oxygen atoms in total. The first-order chi connectivity index (χ1) is 4.72. The number of hydrogen-bond donors (Lipinski definition) is 1. The Kier molecular flexibility index (Phi) is 5.64. The van der Waals surface area contributed by atoms with Gasteiger partial charge in [0.25, 0.3) is 0 Å². The van der Waals surface area contributed by atoms with E-state index < -0.39 is 0 Å². The van der Waals surface area contributed by atoms with Crippen molar-refractivity contribution in [2.75, 3.05) is 6.61 Å². The molecule has 0 aliphatic carbocycles. The van der Waals surface area contributed by atoms with Crippen LogP contribution in [0.3, 0.4) is 0 Å². The third-order valence-electron chi connectivity index (χ3n) is 1.54. The van der Waals surface area contributed by atoms with E-state index in [1.807, 2.05) is 13.8 Å². The van der Waals surface area contributed by atoms with Crippen LogP contribution in [0.15, 0.2) is 0 Å². The Balaban J connectivity index is 3.50. The summed E-state index contributed by atoms with van der Waals surface area (Å²) >= 11 is 0. The van der Waals surface area contributed by atoms with Crippen molar-refractivity contribution < 1.29 is 4.74 Å². The fraction of sp³-hybridized carbons (Fsp3) is 1.00. The molecule has 0 aromatic heterocycles. The maximum Gasteiger partial charge on any atom is 0.0722 e. The molecule has 2 atom stereocenters. The molecule has 0 saturated carbocycles. The highest BCUT2D eigenvalue weighted by Crippen LogP contribution is 2.04. The number of ether oxygens (including phenoxy) is 1. The molecule has 0 saturated heterocycles. The molecule has 2 heteroatoms. The molecule has 0 aliphatic heterocycles. The number of nitrogens with two attached hydrogens (primary N) is 1. The molecular formula is C8H19NO. The van der Waals surface area contributed by atoms with Crippen molar-refractivity contribution in [1.82, 2.24) is 0 Å². The normalized spacial score (nSPS) is 16.8. The van der Waals surface area contributed by atoms with Crippen LogP contribution in [0.25, 0.3) is 0 Å². The molecule has 0 fully saturated rings. The Morgan fingerprint density at radius 3 is 2.30 bits per heavy atom. The summed E-state index contributed by atoms with van der Waals surface area (Å²) in [6, 6.07) is 0.167. The van der Waals surface area contributed by atoms with Crippen LogP contribution < -0.4 is 5.73 Å². The van der Waals surface area contributed by atoms with E-state index in [-0.39, 0.29) is 12.1 Å². The van der Waals surface area contributed by atoms with E-state index >= 15 is 0 Å². The van der Waals surface area contributed by atoms with E-state index in [2.05, 4.69) is 6.92 Å². The Bertz CT molecular complexity index is 67.7. The summed E-state index contributed by atoms with van der Waals surface area (Å²) in [6.07, 6.45) is 2.48. The van der Waals surface area contributed by atoms with E-state index in [0.29, 0.717) is 0 Å². The van der Waals surface area contributed by atoms with E-state index in [9.17, 15) is 0 Å². The molecule has 0 aromatic rings. The minimum absolute atomic E-state index is 0.167. The molecule has 0 aromatic carbocycles. The zero-order valence-corrected chi connectivity index (χ0v) is 7.26. The first-order valence-corrected chi connectivity index (χ1v) is 4.09. The maximum atomic E-state index is 5.68. The minimum Gasteiger partial charge on any atom is -0.377 e. The summed E-state index contributed by atoms with van der Waals surface area (Å²) in [7, 11) is 0. The van der Waals surface area contributed by atoms with Crippen LogP contribution in [-0.2, 0) is 4.74 Å². The van der Waals surface area contributed by atoms with Crippen molar-refractivity contribution in [3.8, 4) is 0 Å². The molecule has 10 heavy (non-hydrogen) atoms. The highest BCUT2D eigenvalue weighted by Gasteiger charge is 2.11. The fourth-order valence-electron chi connectivity index (χ4n) is 0.997. The predicted octanol–water partition coefficient (Wildman–Crippen LogP) is 1.54. The van der Waals surface area contributed by atoms with Crippen LogP contribution in [0.5, 0.6) is 0 Å². The first-order valence-electron chi connectivity index (χ1n) is 4.09. The summed E-state index contributed by atoms with van der Waals surface area (Å²) in [5, 5.41) is 0. The number of hydrogen-bond acceptors (Lipinski definition) is 2. The molecule has 0 radical (unpaired) electrons. The average Bonchev–Trinajstić information content (AvgIpc) is 1.87. The van der Waals surface area contributed by atoms with Crippen LogP contribution in [0.4, 0.5) is 0 Å². The van der Waals surface area contributed by atoms with Gasteiger partial charge in [0.2, 0.25) is 0 Å². The second-order valence-electron chi connectivity index (χ2n) is 2.64. The van der Waals surface area contributed by atoms with Crippen LogP contribution in [0.2, 0.25) is 0 Å². The highest BCUT2D eigenvalue weighted by molar-refractivity contribution is 4.67. The smallest absolute Gasteiger partial charge is 0.0722 e. The maximum absolute atomic E-state index is 5.68. The molecule has 0 amide bonds. The third kappa shape index (κ3) is 3.85. The summed E-state index contributed by atoms with van der Waals surface area (Å²) in [5.74, 6) is 0. The van der Waals surface area contributed by atoms with Gasteiger partial charge in [0.05, 0.1) is 6.10 Å². The molecule has 0 bridgehead atoms. The van der Waals surface area contributed by atoms with Crippen LogP contribution in [0, 0.1) is 0 Å². The van der Waals surface area contributed by atoms with Gasteiger partial charge in [-0.3, -0.25) is 0 Å². The second kappa shape index (κ2) is 5.69. The zero-order valence-electron chi connectivity index (χ0n) is 7.26. The first kappa shape index (κ1) is 9.92. The molecule has 0 aliphatic rings. The average molecular weight is 145 g/mol. The second-order valence-corrected chi connectivity index (χ2v) is 2.64. The zero-order chi connectivity index (χ0) is 7.98. The number of rotatable bonds is 5. The lowest BCUT2D eigenvalue weighted by molar-refractivity contribution is 0.0419. The Morgan fingerprint density at radius 2 is 2.00 bits per heavy atom. The van der Waals surface area contributed by atoms with Gasteiger partial charge in [-0.25, -0.2) is 0 Å². The largest absolute Gasteiger partial charge is 0.377 e. The van der Waals surface area contributed by atoms with Gasteiger partial charge in [-0.05, 0) is 20.3 Å². The van der Waals surface area contributed by atoms with E-state index in [1.54, 1.807) is 0 Å².